The molecular formula is C123H88N4O2. The van der Waals surface area contributed by atoms with Gasteiger partial charge in [-0.05, 0) is 246 Å². The summed E-state index contributed by atoms with van der Waals surface area (Å²) in [5.74, 6) is 0. The molecule has 4 heterocycles. The quantitative estimate of drug-likeness (QED) is 0.122. The van der Waals surface area contributed by atoms with Crippen LogP contribution in [0.1, 0.15) is 74.9 Å². The van der Waals surface area contributed by atoms with E-state index < -0.39 is 0 Å². The molecular weight excluding hydrogens is 1570 g/mol. The monoisotopic (exact) mass is 1650 g/mol. The third-order valence-corrected chi connectivity index (χ3v) is 28.4. The first-order chi connectivity index (χ1) is 63.2. The van der Waals surface area contributed by atoms with E-state index in [1.54, 1.807) is 0 Å². The summed E-state index contributed by atoms with van der Waals surface area (Å²) in [6.07, 6.45) is 0. The molecule has 0 saturated heterocycles. The van der Waals surface area contributed by atoms with E-state index in [9.17, 15) is 0 Å². The minimum absolute atomic E-state index is 0.195. The van der Waals surface area contributed by atoms with Gasteiger partial charge in [0.2, 0.25) is 0 Å². The smallest absolute Gasteiger partial charge is 0.143 e. The minimum atomic E-state index is -0.256. The van der Waals surface area contributed by atoms with Gasteiger partial charge in [-0.3, -0.25) is 0 Å². The van der Waals surface area contributed by atoms with Crippen LogP contribution in [0, 0.1) is 0 Å². The van der Waals surface area contributed by atoms with Gasteiger partial charge in [0.1, 0.15) is 22.3 Å². The molecule has 0 spiro atoms. The lowest BCUT2D eigenvalue weighted by molar-refractivity contribution is 0.659. The molecule has 0 amide bonds. The van der Waals surface area contributed by atoms with Gasteiger partial charge in [0.05, 0.1) is 22.1 Å². The third-order valence-electron chi connectivity index (χ3n) is 28.4. The highest BCUT2D eigenvalue weighted by Crippen LogP contribution is 2.57. The topological polar surface area (TPSA) is 42.6 Å². The van der Waals surface area contributed by atoms with Crippen LogP contribution in [0.15, 0.2) is 433 Å². The number of rotatable bonds is 12. The molecule has 129 heavy (non-hydrogen) atoms. The second-order valence-electron chi connectivity index (χ2n) is 36.6. The number of anilines is 6. The normalized spacial score (nSPS) is 13.5. The Balaban J connectivity index is 0.000000141. The molecule has 26 rings (SSSR count). The van der Waals surface area contributed by atoms with Gasteiger partial charge in [-0.2, -0.15) is 0 Å². The molecule has 6 nitrogen and oxygen atoms in total. The lowest BCUT2D eigenvalue weighted by Gasteiger charge is -2.30. The minimum Gasteiger partial charge on any atom is -0.455 e. The Morgan fingerprint density at radius 3 is 0.922 bits per heavy atom. The number of fused-ring (bicyclic) bond motifs is 21. The fourth-order valence-electron chi connectivity index (χ4n) is 21.9. The number of aromatic nitrogens is 2. The summed E-state index contributed by atoms with van der Waals surface area (Å²) in [7, 11) is 0. The lowest BCUT2D eigenvalue weighted by Crippen LogP contribution is -2.18. The van der Waals surface area contributed by atoms with Crippen molar-refractivity contribution >= 4 is 122 Å². The third kappa shape index (κ3) is 11.9. The molecule has 23 aromatic rings. The second kappa shape index (κ2) is 29.0. The van der Waals surface area contributed by atoms with Gasteiger partial charge >= 0.3 is 0 Å². The zero-order valence-corrected chi connectivity index (χ0v) is 72.5. The standard InChI is InChI=1S/C66H48N2O.C57H40N2O/c1-65(2)57-37-43(41-15-6-5-7-16-41)27-33-49(57)50-34-30-45(38-58(50)65)67(44-28-25-42(26-29-44)48-20-14-21-56-55-19-10-13-24-63(55)69-64(48)56)46-31-35-51-52-36-32-47(40-60(52)66(3,4)59(51)39-46)68-61-22-11-8-17-53(61)54-18-9-12-23-62(54)68;1-57(2)51-34-39(37-14-5-3-6-15-37)26-31-45(51)46-32-29-43(36-52(46)57)58(41-27-24-38(25-28-41)44-20-13-21-49-48-19-10-12-23-55(48)60-56(44)49)42-30-33-54-50(35-42)47-18-9-11-22-53(47)59(54)40-16-7-4-8-17-40/h5-40H,1-4H3;3-36H,1-2H3. The summed E-state index contributed by atoms with van der Waals surface area (Å²) in [5, 5.41) is 9.54. The van der Waals surface area contributed by atoms with Crippen molar-refractivity contribution in [2.45, 2.75) is 57.8 Å². The van der Waals surface area contributed by atoms with Crippen LogP contribution in [-0.2, 0) is 16.2 Å². The van der Waals surface area contributed by atoms with Crippen LogP contribution in [0.2, 0.25) is 0 Å². The van der Waals surface area contributed by atoms with E-state index in [0.717, 1.165) is 106 Å². The maximum atomic E-state index is 6.52. The molecule has 19 aromatic carbocycles. The Labute approximate surface area is 749 Å². The predicted molar refractivity (Wildman–Crippen MR) is 540 cm³/mol. The summed E-state index contributed by atoms with van der Waals surface area (Å²) >= 11 is 0. The van der Waals surface area contributed by atoms with Crippen molar-refractivity contribution in [3.63, 3.8) is 0 Å². The zero-order valence-electron chi connectivity index (χ0n) is 72.5. The van der Waals surface area contributed by atoms with Gasteiger partial charge in [-0.15, -0.1) is 0 Å². The molecule has 3 aliphatic rings. The molecule has 4 aromatic heterocycles. The lowest BCUT2D eigenvalue weighted by atomic mass is 9.81. The van der Waals surface area contributed by atoms with Crippen molar-refractivity contribution in [3.8, 4) is 89.3 Å². The van der Waals surface area contributed by atoms with Crippen LogP contribution in [0.25, 0.3) is 177 Å². The van der Waals surface area contributed by atoms with Crippen molar-refractivity contribution < 1.29 is 8.83 Å². The van der Waals surface area contributed by atoms with E-state index in [-0.39, 0.29) is 16.2 Å². The molecule has 0 N–H and O–H groups in total. The number of hydrogen-bond donors (Lipinski definition) is 0. The molecule has 0 saturated carbocycles. The molecule has 0 unspecified atom stereocenters. The molecule has 0 atom stereocenters. The van der Waals surface area contributed by atoms with E-state index in [0.29, 0.717) is 0 Å². The Morgan fingerprint density at radius 1 is 0.186 bits per heavy atom. The van der Waals surface area contributed by atoms with E-state index in [1.165, 1.54) is 138 Å². The van der Waals surface area contributed by atoms with Gasteiger partial charge in [0.25, 0.3) is 0 Å². The van der Waals surface area contributed by atoms with Crippen LogP contribution >= 0.6 is 0 Å². The van der Waals surface area contributed by atoms with E-state index >= 15 is 0 Å². The molecule has 0 aliphatic heterocycles. The highest BCUT2D eigenvalue weighted by Gasteiger charge is 2.41. The fraction of sp³-hybridized carbons (Fsp3) is 0.0732. The van der Waals surface area contributed by atoms with Crippen molar-refractivity contribution in [2.75, 3.05) is 9.80 Å². The van der Waals surface area contributed by atoms with E-state index in [2.05, 4.69) is 467 Å². The average molecular weight is 1650 g/mol. The van der Waals surface area contributed by atoms with Crippen LogP contribution in [0.5, 0.6) is 0 Å². The summed E-state index contributed by atoms with van der Waals surface area (Å²) in [6.45, 7) is 14.3. The van der Waals surface area contributed by atoms with Crippen molar-refractivity contribution in [1.82, 2.24) is 9.13 Å². The SMILES string of the molecule is CC1(C)c2cc(-c3ccccc3)ccc2-c2ccc(N(c3ccc(-c4cccc5c4oc4ccccc45)cc3)c3ccc4c(c3)C(C)(C)c3cc(-n5c6ccccc6c6ccccc65)ccc3-4)cc21.CC1(C)c2cc(-c3ccccc3)ccc2-c2ccc(N(c3ccc(-c4cccc5c4oc4ccccc45)cc3)c3ccc4c(c3)c3ccccc3n4-c3ccccc3)cc21. The summed E-state index contributed by atoms with van der Waals surface area (Å²) in [5.41, 5.74) is 42.1. The Bertz CT molecular complexity index is 8460. The molecule has 612 valence electrons. The first-order valence-electron chi connectivity index (χ1n) is 44.9. The number of benzene rings is 19. The average Bonchev–Trinajstić information content (AvgIpc) is 1.57. The first kappa shape index (κ1) is 75.5. The number of nitrogens with zero attached hydrogens (tertiary/aromatic N) is 4. The maximum Gasteiger partial charge on any atom is 0.143 e. The Morgan fingerprint density at radius 2 is 0.488 bits per heavy atom. The summed E-state index contributed by atoms with van der Waals surface area (Å²) < 4.78 is 17.8. The maximum absolute atomic E-state index is 6.52. The van der Waals surface area contributed by atoms with Gasteiger partial charge in [-0.25, -0.2) is 0 Å². The zero-order chi connectivity index (χ0) is 86.1. The highest BCUT2D eigenvalue weighted by molar-refractivity contribution is 6.14. The predicted octanol–water partition coefficient (Wildman–Crippen LogP) is 33.9. The van der Waals surface area contributed by atoms with Crippen LogP contribution in [0.4, 0.5) is 34.1 Å². The van der Waals surface area contributed by atoms with Crippen molar-refractivity contribution in [2.24, 2.45) is 0 Å². The first-order valence-corrected chi connectivity index (χ1v) is 44.9. The molecule has 6 heteroatoms. The van der Waals surface area contributed by atoms with Gasteiger partial charge in [0, 0.05) is 116 Å². The largest absolute Gasteiger partial charge is 0.455 e. The molecule has 3 aliphatic carbocycles. The number of hydrogen-bond acceptors (Lipinski definition) is 4. The van der Waals surface area contributed by atoms with E-state index in [4.69, 9.17) is 8.83 Å². The van der Waals surface area contributed by atoms with Crippen LogP contribution < -0.4 is 9.80 Å². The number of furan rings is 2. The van der Waals surface area contributed by atoms with Gasteiger partial charge in [0.15, 0.2) is 0 Å². The van der Waals surface area contributed by atoms with Gasteiger partial charge in [-0.1, -0.05) is 321 Å². The van der Waals surface area contributed by atoms with E-state index in [1.807, 2.05) is 18.2 Å². The second-order valence-corrected chi connectivity index (χ2v) is 36.6. The highest BCUT2D eigenvalue weighted by atomic mass is 16.3. The van der Waals surface area contributed by atoms with Gasteiger partial charge < -0.3 is 27.8 Å². The molecule has 0 bridgehead atoms. The Hall–Kier alpha value is -16.0. The summed E-state index contributed by atoms with van der Waals surface area (Å²) in [4.78, 5) is 4.89. The summed E-state index contributed by atoms with van der Waals surface area (Å²) in [6, 6.07) is 155. The fourth-order valence-corrected chi connectivity index (χ4v) is 21.9. The molecule has 0 radical (unpaired) electrons. The van der Waals surface area contributed by atoms with Crippen molar-refractivity contribution in [3.05, 3.63) is 458 Å². The Kier molecular flexibility index (Phi) is 17.0. The van der Waals surface area contributed by atoms with Crippen LogP contribution in [-0.4, -0.2) is 9.13 Å². The van der Waals surface area contributed by atoms with Crippen LogP contribution in [0.3, 0.4) is 0 Å². The number of para-hydroxylation sites is 8. The van der Waals surface area contributed by atoms with Crippen molar-refractivity contribution in [1.29, 1.82) is 0 Å². The molecule has 0 fully saturated rings.